The van der Waals surface area contributed by atoms with Crippen LogP contribution in [0, 0.1) is 0 Å². The summed E-state index contributed by atoms with van der Waals surface area (Å²) in [4.78, 5) is 29.8. The topological polar surface area (TPSA) is 94.6 Å². The number of hydrogen-bond acceptors (Lipinski definition) is 6. The molecule has 0 amide bonds. The van der Waals surface area contributed by atoms with E-state index in [4.69, 9.17) is 19.2 Å². The molecule has 0 unspecified atom stereocenters. The second-order valence-corrected chi connectivity index (χ2v) is 7.67. The third kappa shape index (κ3) is 3.99. The highest BCUT2D eigenvalue weighted by Gasteiger charge is 2.18. The van der Waals surface area contributed by atoms with E-state index < -0.39 is 5.97 Å². The Kier molecular flexibility index (Phi) is 5.67. The number of carbonyl (C=O) groups is 1. The second kappa shape index (κ2) is 8.54. The number of hydrogen-bond donors (Lipinski definition) is 1. The third-order valence-electron chi connectivity index (χ3n) is 4.85. The number of furan rings is 1. The average molecular weight is 424 g/mol. The van der Waals surface area contributed by atoms with E-state index in [1.807, 2.05) is 29.6 Å². The van der Waals surface area contributed by atoms with Gasteiger partial charge in [-0.15, -0.1) is 11.3 Å². The molecule has 0 fully saturated rings. The number of rotatable bonds is 8. The molecule has 0 saturated heterocycles. The van der Waals surface area contributed by atoms with E-state index in [2.05, 4.69) is 0 Å². The Morgan fingerprint density at radius 1 is 1.27 bits per heavy atom. The number of thiophene rings is 1. The maximum atomic E-state index is 13.4. The molecule has 154 valence electrons. The number of benzene rings is 1. The number of aliphatic carboxylic acids is 1. The predicted molar refractivity (Wildman–Crippen MR) is 114 cm³/mol. The molecule has 3 aromatic heterocycles. The molecule has 0 aliphatic carbocycles. The lowest BCUT2D eigenvalue weighted by Gasteiger charge is -2.13. The maximum Gasteiger partial charge on any atom is 0.303 e. The van der Waals surface area contributed by atoms with E-state index in [9.17, 15) is 9.59 Å². The van der Waals surface area contributed by atoms with Crippen molar-refractivity contribution < 1.29 is 19.1 Å². The summed E-state index contributed by atoms with van der Waals surface area (Å²) in [7, 11) is 1.61. The van der Waals surface area contributed by atoms with Gasteiger partial charge in [-0.1, -0.05) is 12.1 Å². The summed E-state index contributed by atoms with van der Waals surface area (Å²) in [5, 5.41) is 11.4. The molecular weight excluding hydrogens is 404 g/mol. The Balaban J connectivity index is 1.78. The van der Waals surface area contributed by atoms with E-state index in [-0.39, 0.29) is 18.5 Å². The number of carboxylic acids is 1. The zero-order valence-electron chi connectivity index (χ0n) is 16.3. The van der Waals surface area contributed by atoms with Gasteiger partial charge >= 0.3 is 5.97 Å². The van der Waals surface area contributed by atoms with Gasteiger partial charge in [0, 0.05) is 30.3 Å². The first-order valence-electron chi connectivity index (χ1n) is 9.46. The van der Waals surface area contributed by atoms with Crippen LogP contribution in [0.4, 0.5) is 0 Å². The zero-order valence-corrected chi connectivity index (χ0v) is 17.1. The van der Waals surface area contributed by atoms with Crippen LogP contribution in [0.3, 0.4) is 0 Å². The summed E-state index contributed by atoms with van der Waals surface area (Å²) in [6.07, 6.45) is 2.35. The lowest BCUT2D eigenvalue weighted by Crippen LogP contribution is -2.26. The van der Waals surface area contributed by atoms with Crippen LogP contribution in [0.1, 0.15) is 24.2 Å². The van der Waals surface area contributed by atoms with Crippen LogP contribution >= 0.6 is 11.3 Å². The molecule has 0 atom stereocenters. The lowest BCUT2D eigenvalue weighted by atomic mass is 10.1. The monoisotopic (exact) mass is 424 g/mol. The number of nitrogens with zero attached hydrogens (tertiary/aromatic N) is 2. The Morgan fingerprint density at radius 2 is 2.07 bits per heavy atom. The van der Waals surface area contributed by atoms with E-state index in [1.54, 1.807) is 30.1 Å². The first kappa shape index (κ1) is 19.9. The maximum absolute atomic E-state index is 13.4. The molecule has 4 rings (SSSR count). The molecule has 0 spiro atoms. The fourth-order valence-electron chi connectivity index (χ4n) is 3.36. The van der Waals surface area contributed by atoms with Crippen molar-refractivity contribution in [2.75, 3.05) is 7.11 Å². The number of aromatic nitrogens is 2. The fraction of sp³-hybridized carbons (Fsp3) is 0.227. The molecule has 8 heteroatoms. The number of methoxy groups -OCH3 is 1. The van der Waals surface area contributed by atoms with Gasteiger partial charge in [0.15, 0.2) is 0 Å². The molecular formula is C22H20N2O5S. The number of fused-ring (bicyclic) bond motifs is 1. The van der Waals surface area contributed by atoms with E-state index in [1.165, 1.54) is 11.3 Å². The molecule has 1 N–H and O–H groups in total. The van der Waals surface area contributed by atoms with Gasteiger partial charge in [0.05, 0.1) is 18.8 Å². The minimum atomic E-state index is -0.888. The standard InChI is InChI=1S/C22H20N2O5S/c1-28-15-8-6-14(7-9-15)12-18-23-21-20(16(13-30-21)17-4-3-11-29-17)22(27)24(18)10-2-5-19(25)26/h3-4,6-9,11,13H,2,5,10,12H2,1H3,(H,25,26). The smallest absolute Gasteiger partial charge is 0.303 e. The first-order valence-corrected chi connectivity index (χ1v) is 10.3. The Bertz CT molecular complexity index is 1220. The van der Waals surface area contributed by atoms with E-state index in [0.717, 1.165) is 11.3 Å². The van der Waals surface area contributed by atoms with Crippen molar-refractivity contribution in [1.82, 2.24) is 9.55 Å². The molecule has 4 aromatic rings. The van der Waals surface area contributed by atoms with Crippen molar-refractivity contribution in [2.24, 2.45) is 0 Å². The van der Waals surface area contributed by atoms with E-state index in [0.29, 0.717) is 40.2 Å². The summed E-state index contributed by atoms with van der Waals surface area (Å²) in [5.41, 5.74) is 1.51. The highest BCUT2D eigenvalue weighted by molar-refractivity contribution is 7.17. The molecule has 30 heavy (non-hydrogen) atoms. The SMILES string of the molecule is COc1ccc(Cc2nc3scc(-c4ccco4)c3c(=O)n2CCCC(=O)O)cc1. The van der Waals surface area contributed by atoms with Crippen LogP contribution in [0.25, 0.3) is 21.5 Å². The van der Waals surface area contributed by atoms with Crippen molar-refractivity contribution in [2.45, 2.75) is 25.8 Å². The second-order valence-electron chi connectivity index (χ2n) is 6.81. The predicted octanol–water partition coefficient (Wildman–Crippen LogP) is 4.18. The molecule has 0 bridgehead atoms. The summed E-state index contributed by atoms with van der Waals surface area (Å²) in [6.45, 7) is 0.285. The summed E-state index contributed by atoms with van der Waals surface area (Å²) < 4.78 is 12.3. The van der Waals surface area contributed by atoms with Crippen molar-refractivity contribution in [1.29, 1.82) is 0 Å². The van der Waals surface area contributed by atoms with Crippen LogP contribution < -0.4 is 10.3 Å². The van der Waals surface area contributed by atoms with Gasteiger partial charge in [-0.3, -0.25) is 14.2 Å². The summed E-state index contributed by atoms with van der Waals surface area (Å²) >= 11 is 1.40. The highest BCUT2D eigenvalue weighted by atomic mass is 32.1. The Labute approximate surface area is 176 Å². The Morgan fingerprint density at radius 3 is 2.73 bits per heavy atom. The van der Waals surface area contributed by atoms with E-state index >= 15 is 0 Å². The number of ether oxygens (including phenoxy) is 1. The molecule has 0 aliphatic rings. The fourth-order valence-corrected chi connectivity index (χ4v) is 4.30. The van der Waals surface area contributed by atoms with Gasteiger partial charge in [-0.2, -0.15) is 0 Å². The van der Waals surface area contributed by atoms with Crippen molar-refractivity contribution in [3.05, 3.63) is 69.8 Å². The van der Waals surface area contributed by atoms with Crippen LogP contribution in [-0.2, 0) is 17.8 Å². The minimum absolute atomic E-state index is 0.0128. The third-order valence-corrected chi connectivity index (χ3v) is 5.73. The van der Waals surface area contributed by atoms with Gasteiger partial charge in [-0.25, -0.2) is 4.98 Å². The largest absolute Gasteiger partial charge is 0.497 e. The lowest BCUT2D eigenvalue weighted by molar-refractivity contribution is -0.137. The van der Waals surface area contributed by atoms with Crippen LogP contribution in [0.15, 0.2) is 57.3 Å². The Hall–Kier alpha value is -3.39. The molecule has 0 saturated carbocycles. The van der Waals surface area contributed by atoms with Gasteiger partial charge < -0.3 is 14.3 Å². The van der Waals surface area contributed by atoms with Gasteiger partial charge in [-0.05, 0) is 36.2 Å². The zero-order chi connectivity index (χ0) is 21.1. The molecule has 0 aliphatic heterocycles. The van der Waals surface area contributed by atoms with Gasteiger partial charge in [0.2, 0.25) is 0 Å². The van der Waals surface area contributed by atoms with Crippen LogP contribution in [0.5, 0.6) is 5.75 Å². The number of carboxylic acid groups (broad SMARTS) is 1. The van der Waals surface area contributed by atoms with Crippen molar-refractivity contribution in [3.8, 4) is 17.1 Å². The molecule has 7 nitrogen and oxygen atoms in total. The van der Waals surface area contributed by atoms with Crippen LogP contribution in [0.2, 0.25) is 0 Å². The van der Waals surface area contributed by atoms with Crippen molar-refractivity contribution in [3.63, 3.8) is 0 Å². The first-order chi connectivity index (χ1) is 14.6. The summed E-state index contributed by atoms with van der Waals surface area (Å²) in [6, 6.07) is 11.2. The normalized spacial score (nSPS) is 11.1. The minimum Gasteiger partial charge on any atom is -0.497 e. The highest BCUT2D eigenvalue weighted by Crippen LogP contribution is 2.31. The summed E-state index contributed by atoms with van der Waals surface area (Å²) in [5.74, 6) is 1.08. The molecule has 3 heterocycles. The molecule has 0 radical (unpaired) electrons. The quantitative estimate of drug-likeness (QED) is 0.456. The average Bonchev–Trinajstić information content (AvgIpc) is 3.40. The molecule has 1 aromatic carbocycles. The van der Waals surface area contributed by atoms with Gasteiger partial charge in [0.1, 0.15) is 22.2 Å². The van der Waals surface area contributed by atoms with Crippen molar-refractivity contribution >= 4 is 27.5 Å². The van der Waals surface area contributed by atoms with Crippen LogP contribution in [-0.4, -0.2) is 27.7 Å². The van der Waals surface area contributed by atoms with Gasteiger partial charge in [0.25, 0.3) is 5.56 Å².